The monoisotopic (exact) mass is 311 g/mol. The van der Waals surface area contributed by atoms with Crippen LogP contribution in [0, 0.1) is 0 Å². The molecule has 5 heteroatoms. The Kier molecular flexibility index (Phi) is 4.99. The Morgan fingerprint density at radius 3 is 2.70 bits per heavy atom. The lowest BCUT2D eigenvalue weighted by atomic mass is 10.2. The summed E-state index contributed by atoms with van der Waals surface area (Å²) in [6.07, 6.45) is 0. The van der Waals surface area contributed by atoms with Crippen molar-refractivity contribution in [2.75, 3.05) is 31.1 Å². The summed E-state index contributed by atoms with van der Waals surface area (Å²) in [6.45, 7) is 3.41. The number of carbonyl (C=O) groups excluding carboxylic acids is 1. The highest BCUT2D eigenvalue weighted by Gasteiger charge is 2.16. The maximum atomic E-state index is 11.8. The summed E-state index contributed by atoms with van der Waals surface area (Å²) in [4.78, 5) is 14.1. The van der Waals surface area contributed by atoms with Gasteiger partial charge in [-0.05, 0) is 17.7 Å². The molecule has 1 heterocycles. The van der Waals surface area contributed by atoms with E-state index in [4.69, 9.17) is 4.74 Å². The van der Waals surface area contributed by atoms with Gasteiger partial charge in [0, 0.05) is 19.6 Å². The van der Waals surface area contributed by atoms with Gasteiger partial charge >= 0.3 is 6.03 Å². The number of urea groups is 1. The van der Waals surface area contributed by atoms with Crippen LogP contribution in [0.1, 0.15) is 5.56 Å². The van der Waals surface area contributed by atoms with E-state index >= 15 is 0 Å². The number of rotatable bonds is 5. The fourth-order valence-corrected chi connectivity index (χ4v) is 2.60. The van der Waals surface area contributed by atoms with Crippen LogP contribution >= 0.6 is 0 Å². The molecule has 0 spiro atoms. The Hall–Kier alpha value is -2.69. The zero-order chi connectivity index (χ0) is 15.9. The number of fused-ring (bicyclic) bond motifs is 1. The summed E-state index contributed by atoms with van der Waals surface area (Å²) in [6, 6.07) is 17.7. The van der Waals surface area contributed by atoms with Crippen LogP contribution in [-0.4, -0.2) is 32.3 Å². The van der Waals surface area contributed by atoms with Crippen molar-refractivity contribution in [3.8, 4) is 5.75 Å². The Morgan fingerprint density at radius 1 is 1.04 bits per heavy atom. The predicted molar refractivity (Wildman–Crippen MR) is 90.8 cm³/mol. The van der Waals surface area contributed by atoms with E-state index < -0.39 is 0 Å². The SMILES string of the molecule is O=C(NCCN1CCOc2ccccc21)NCc1ccccc1. The first kappa shape index (κ1) is 15.2. The minimum absolute atomic E-state index is 0.143. The van der Waals surface area contributed by atoms with Gasteiger partial charge in [-0.15, -0.1) is 0 Å². The van der Waals surface area contributed by atoms with Gasteiger partial charge in [-0.2, -0.15) is 0 Å². The number of nitrogens with one attached hydrogen (secondary N) is 2. The van der Waals surface area contributed by atoms with Crippen LogP contribution in [0.25, 0.3) is 0 Å². The van der Waals surface area contributed by atoms with Crippen LogP contribution < -0.4 is 20.3 Å². The molecule has 3 rings (SSSR count). The Morgan fingerprint density at radius 2 is 1.83 bits per heavy atom. The predicted octanol–water partition coefficient (Wildman–Crippen LogP) is 2.38. The van der Waals surface area contributed by atoms with Crippen molar-refractivity contribution in [1.82, 2.24) is 10.6 Å². The van der Waals surface area contributed by atoms with E-state index in [2.05, 4.69) is 15.5 Å². The van der Waals surface area contributed by atoms with Crippen LogP contribution in [0.2, 0.25) is 0 Å². The third kappa shape index (κ3) is 4.16. The second-order valence-electron chi connectivity index (χ2n) is 5.40. The standard InChI is InChI=1S/C18H21N3O2/c22-18(20-14-15-6-2-1-3-7-15)19-10-11-21-12-13-23-17-9-5-4-8-16(17)21/h1-9H,10-14H2,(H2,19,20,22). The molecule has 0 saturated carbocycles. The molecule has 0 unspecified atom stereocenters. The second kappa shape index (κ2) is 7.54. The fraction of sp³-hybridized carbons (Fsp3) is 0.278. The molecule has 0 saturated heterocycles. The molecular weight excluding hydrogens is 290 g/mol. The van der Waals surface area contributed by atoms with E-state index in [-0.39, 0.29) is 6.03 Å². The van der Waals surface area contributed by atoms with Crippen LogP contribution in [0.15, 0.2) is 54.6 Å². The molecular formula is C18H21N3O2. The molecule has 120 valence electrons. The van der Waals surface area contributed by atoms with E-state index in [1.165, 1.54) is 0 Å². The van der Waals surface area contributed by atoms with Crippen molar-refractivity contribution in [2.24, 2.45) is 0 Å². The number of para-hydroxylation sites is 2. The van der Waals surface area contributed by atoms with Crippen LogP contribution in [0.4, 0.5) is 10.5 Å². The van der Waals surface area contributed by atoms with E-state index in [1.54, 1.807) is 0 Å². The molecule has 0 aliphatic carbocycles. The maximum Gasteiger partial charge on any atom is 0.315 e. The number of ether oxygens (including phenoxy) is 1. The molecule has 5 nitrogen and oxygen atoms in total. The van der Waals surface area contributed by atoms with Gasteiger partial charge in [0.25, 0.3) is 0 Å². The second-order valence-corrected chi connectivity index (χ2v) is 5.40. The van der Waals surface area contributed by atoms with Gasteiger partial charge in [0.05, 0.1) is 12.2 Å². The topological polar surface area (TPSA) is 53.6 Å². The summed E-state index contributed by atoms with van der Waals surface area (Å²) in [5.41, 5.74) is 2.18. The fourth-order valence-electron chi connectivity index (χ4n) is 2.60. The van der Waals surface area contributed by atoms with Crippen molar-refractivity contribution >= 4 is 11.7 Å². The summed E-state index contributed by atoms with van der Waals surface area (Å²) in [7, 11) is 0. The zero-order valence-corrected chi connectivity index (χ0v) is 13.0. The third-order valence-corrected chi connectivity index (χ3v) is 3.79. The van der Waals surface area contributed by atoms with Gasteiger partial charge in [-0.1, -0.05) is 42.5 Å². The molecule has 2 amide bonds. The summed E-state index contributed by atoms with van der Waals surface area (Å²) in [5.74, 6) is 0.910. The average Bonchev–Trinajstić information content (AvgIpc) is 2.61. The summed E-state index contributed by atoms with van der Waals surface area (Å²) >= 11 is 0. The number of anilines is 1. The molecule has 0 aromatic heterocycles. The van der Waals surface area contributed by atoms with Gasteiger partial charge in [0.15, 0.2) is 0 Å². The van der Waals surface area contributed by atoms with Crippen molar-refractivity contribution in [3.05, 3.63) is 60.2 Å². The lowest BCUT2D eigenvalue weighted by Gasteiger charge is -2.31. The number of nitrogens with zero attached hydrogens (tertiary/aromatic N) is 1. The van der Waals surface area contributed by atoms with Crippen LogP contribution in [-0.2, 0) is 6.54 Å². The number of amides is 2. The molecule has 2 aromatic rings. The van der Waals surface area contributed by atoms with E-state index in [0.29, 0.717) is 19.7 Å². The van der Waals surface area contributed by atoms with Crippen LogP contribution in [0.5, 0.6) is 5.75 Å². The maximum absolute atomic E-state index is 11.8. The lowest BCUT2D eigenvalue weighted by Crippen LogP contribution is -2.42. The van der Waals surface area contributed by atoms with Crippen LogP contribution in [0.3, 0.4) is 0 Å². The normalized spacial score (nSPS) is 13.0. The molecule has 1 aliphatic heterocycles. The smallest absolute Gasteiger partial charge is 0.315 e. The highest BCUT2D eigenvalue weighted by atomic mass is 16.5. The highest BCUT2D eigenvalue weighted by molar-refractivity contribution is 5.73. The third-order valence-electron chi connectivity index (χ3n) is 3.79. The summed E-state index contributed by atoms with van der Waals surface area (Å²) in [5, 5.41) is 5.76. The molecule has 2 N–H and O–H groups in total. The molecule has 23 heavy (non-hydrogen) atoms. The minimum Gasteiger partial charge on any atom is -0.490 e. The molecule has 0 radical (unpaired) electrons. The Bertz CT molecular complexity index is 646. The van der Waals surface area contributed by atoms with Gasteiger partial charge in [-0.3, -0.25) is 0 Å². The van der Waals surface area contributed by atoms with Gasteiger partial charge < -0.3 is 20.3 Å². The number of carbonyl (C=O) groups is 1. The zero-order valence-electron chi connectivity index (χ0n) is 13.0. The molecule has 2 aromatic carbocycles. The molecule has 1 aliphatic rings. The number of benzene rings is 2. The lowest BCUT2D eigenvalue weighted by molar-refractivity contribution is 0.240. The highest BCUT2D eigenvalue weighted by Crippen LogP contribution is 2.30. The van der Waals surface area contributed by atoms with Crippen molar-refractivity contribution in [1.29, 1.82) is 0 Å². The van der Waals surface area contributed by atoms with Crippen molar-refractivity contribution < 1.29 is 9.53 Å². The Balaban J connectivity index is 1.42. The molecule has 0 bridgehead atoms. The number of hydrogen-bond acceptors (Lipinski definition) is 3. The largest absolute Gasteiger partial charge is 0.490 e. The average molecular weight is 311 g/mol. The van der Waals surface area contributed by atoms with Gasteiger partial charge in [0.2, 0.25) is 0 Å². The molecule has 0 atom stereocenters. The summed E-state index contributed by atoms with van der Waals surface area (Å²) < 4.78 is 5.63. The Labute approximate surface area is 136 Å². The first-order chi connectivity index (χ1) is 11.3. The van der Waals surface area contributed by atoms with E-state index in [0.717, 1.165) is 30.1 Å². The molecule has 0 fully saturated rings. The van der Waals surface area contributed by atoms with E-state index in [9.17, 15) is 4.79 Å². The number of hydrogen-bond donors (Lipinski definition) is 2. The van der Waals surface area contributed by atoms with Gasteiger partial charge in [-0.25, -0.2) is 4.79 Å². The van der Waals surface area contributed by atoms with Crippen molar-refractivity contribution in [3.63, 3.8) is 0 Å². The minimum atomic E-state index is -0.143. The van der Waals surface area contributed by atoms with E-state index in [1.807, 2.05) is 54.6 Å². The van der Waals surface area contributed by atoms with Crippen molar-refractivity contribution in [2.45, 2.75) is 6.54 Å². The quantitative estimate of drug-likeness (QED) is 0.891. The first-order valence-corrected chi connectivity index (χ1v) is 7.85. The van der Waals surface area contributed by atoms with Gasteiger partial charge in [0.1, 0.15) is 12.4 Å². The first-order valence-electron chi connectivity index (χ1n) is 7.85.